The first kappa shape index (κ1) is 21.6. The Morgan fingerprint density at radius 1 is 1.03 bits per heavy atom. The Bertz CT molecular complexity index is 1270. The summed E-state index contributed by atoms with van der Waals surface area (Å²) in [6.45, 7) is 4.96. The van der Waals surface area contributed by atoms with Gasteiger partial charge in [-0.25, -0.2) is 0 Å². The van der Waals surface area contributed by atoms with Gasteiger partial charge >= 0.3 is 0 Å². The minimum Gasteiger partial charge on any atom is -0.352 e. The Kier molecular flexibility index (Phi) is 5.87. The van der Waals surface area contributed by atoms with Gasteiger partial charge in [-0.2, -0.15) is 0 Å². The van der Waals surface area contributed by atoms with E-state index in [0.717, 1.165) is 32.8 Å². The molecule has 3 aromatic heterocycles. The van der Waals surface area contributed by atoms with Crippen LogP contribution in [0.2, 0.25) is 5.02 Å². The van der Waals surface area contributed by atoms with E-state index in [9.17, 15) is 0 Å². The Balaban J connectivity index is 1.61. The first-order chi connectivity index (χ1) is 16.0. The third kappa shape index (κ3) is 4.12. The van der Waals surface area contributed by atoms with E-state index in [2.05, 4.69) is 56.8 Å². The van der Waals surface area contributed by atoms with Crippen LogP contribution in [0.5, 0.6) is 0 Å². The average molecular weight is 474 g/mol. The zero-order valence-electron chi connectivity index (χ0n) is 18.4. The lowest BCUT2D eigenvalue weighted by atomic mass is 9.96. The minimum atomic E-state index is -0.0606. The monoisotopic (exact) mass is 473 g/mol. The summed E-state index contributed by atoms with van der Waals surface area (Å²) in [6, 6.07) is 20.2. The Morgan fingerprint density at radius 2 is 1.85 bits per heavy atom. The summed E-state index contributed by atoms with van der Waals surface area (Å²) in [5, 5.41) is 4.98. The highest BCUT2D eigenvalue weighted by Gasteiger charge is 2.41. The van der Waals surface area contributed by atoms with Gasteiger partial charge in [-0.15, -0.1) is 0 Å². The number of nitrogens with one attached hydrogen (secondary N) is 1. The van der Waals surface area contributed by atoms with Crippen LogP contribution in [0.4, 0.5) is 0 Å². The second kappa shape index (κ2) is 8.96. The molecule has 1 N–H and O–H groups in total. The van der Waals surface area contributed by atoms with Crippen molar-refractivity contribution < 1.29 is 0 Å². The fourth-order valence-corrected chi connectivity index (χ4v) is 5.11. The average Bonchev–Trinajstić information content (AvgIpc) is 3.31. The topological polar surface area (TPSA) is 46.0 Å². The van der Waals surface area contributed by atoms with Gasteiger partial charge in [0.1, 0.15) is 0 Å². The summed E-state index contributed by atoms with van der Waals surface area (Å²) in [4.78, 5) is 11.2. The Hall–Kier alpha value is -3.22. The lowest BCUT2D eigenvalue weighted by molar-refractivity contribution is 0.310. The molecule has 7 heteroatoms. The van der Waals surface area contributed by atoms with Crippen LogP contribution < -0.4 is 5.32 Å². The van der Waals surface area contributed by atoms with Crippen LogP contribution >= 0.6 is 23.8 Å². The molecule has 0 amide bonds. The van der Waals surface area contributed by atoms with Gasteiger partial charge in [0.05, 0.1) is 17.8 Å². The molecule has 1 aromatic carbocycles. The smallest absolute Gasteiger partial charge is 0.170 e. The number of pyridine rings is 2. The molecule has 0 radical (unpaired) electrons. The summed E-state index contributed by atoms with van der Waals surface area (Å²) in [5.74, 6) is 0. The number of halogens is 1. The molecule has 0 saturated carbocycles. The maximum absolute atomic E-state index is 6.14. The van der Waals surface area contributed by atoms with Gasteiger partial charge in [0.15, 0.2) is 5.11 Å². The highest BCUT2D eigenvalue weighted by Crippen LogP contribution is 2.42. The maximum atomic E-state index is 6.14. The largest absolute Gasteiger partial charge is 0.352 e. The van der Waals surface area contributed by atoms with E-state index in [1.807, 2.05) is 54.9 Å². The van der Waals surface area contributed by atoms with Crippen molar-refractivity contribution in [1.29, 1.82) is 0 Å². The van der Waals surface area contributed by atoms with E-state index >= 15 is 0 Å². The van der Waals surface area contributed by atoms with Gasteiger partial charge in [-0.3, -0.25) is 9.97 Å². The minimum absolute atomic E-state index is 0.0140. The van der Waals surface area contributed by atoms with Crippen LogP contribution in [-0.2, 0) is 6.54 Å². The van der Waals surface area contributed by atoms with Crippen LogP contribution in [0.3, 0.4) is 0 Å². The summed E-state index contributed by atoms with van der Waals surface area (Å²) in [5.41, 5.74) is 6.71. The van der Waals surface area contributed by atoms with Gasteiger partial charge < -0.3 is 14.8 Å². The Labute approximate surface area is 204 Å². The molecule has 1 aliphatic heterocycles. The van der Waals surface area contributed by atoms with Gasteiger partial charge in [0.2, 0.25) is 0 Å². The molecule has 5 nitrogen and oxygen atoms in total. The molecule has 4 aromatic rings. The van der Waals surface area contributed by atoms with E-state index in [4.69, 9.17) is 23.8 Å². The van der Waals surface area contributed by atoms with Crippen molar-refractivity contribution in [3.63, 3.8) is 0 Å². The number of rotatable bonds is 5. The highest BCUT2D eigenvalue weighted by atomic mass is 35.5. The van der Waals surface area contributed by atoms with Gasteiger partial charge in [0, 0.05) is 47.2 Å². The molecule has 33 heavy (non-hydrogen) atoms. The maximum Gasteiger partial charge on any atom is 0.170 e. The fourth-order valence-electron chi connectivity index (χ4n) is 4.68. The number of benzene rings is 1. The van der Waals surface area contributed by atoms with E-state index in [1.54, 1.807) is 6.20 Å². The summed E-state index contributed by atoms with van der Waals surface area (Å²) >= 11 is 12.0. The first-order valence-electron chi connectivity index (χ1n) is 10.8. The number of hydrogen-bond donors (Lipinski definition) is 1. The molecule has 0 unspecified atom stereocenters. The molecule has 4 heterocycles. The van der Waals surface area contributed by atoms with Gasteiger partial charge in [-0.1, -0.05) is 23.7 Å². The quantitative estimate of drug-likeness (QED) is 0.376. The van der Waals surface area contributed by atoms with Crippen molar-refractivity contribution in [3.05, 3.63) is 112 Å². The van der Waals surface area contributed by atoms with Crippen molar-refractivity contribution in [1.82, 2.24) is 24.8 Å². The lowest BCUT2D eigenvalue weighted by Crippen LogP contribution is -2.29. The van der Waals surface area contributed by atoms with E-state index in [1.165, 1.54) is 11.3 Å². The molecule has 0 bridgehead atoms. The number of thiocarbonyl (C=S) groups is 1. The molecule has 1 fully saturated rings. The third-order valence-electron chi connectivity index (χ3n) is 6.15. The second-order valence-corrected chi connectivity index (χ2v) is 9.08. The van der Waals surface area contributed by atoms with Gasteiger partial charge in [-0.05, 0) is 85.7 Å². The summed E-state index contributed by atoms with van der Waals surface area (Å²) in [7, 11) is 0. The van der Waals surface area contributed by atoms with Crippen LogP contribution in [-0.4, -0.2) is 24.5 Å². The van der Waals surface area contributed by atoms with Crippen LogP contribution in [0.1, 0.15) is 40.3 Å². The summed E-state index contributed by atoms with van der Waals surface area (Å²) < 4.78 is 2.27. The van der Waals surface area contributed by atoms with Gasteiger partial charge in [0.25, 0.3) is 0 Å². The first-order valence-corrected chi connectivity index (χ1v) is 11.6. The third-order valence-corrected chi connectivity index (χ3v) is 6.75. The SMILES string of the molecule is Cc1cc([C@H]2[C@H](c3ccccn3)NC(=S)N2Cc2cccnc2)c(C)n1-c1ccc(Cl)cc1. The van der Waals surface area contributed by atoms with E-state index in [0.29, 0.717) is 6.54 Å². The molecule has 166 valence electrons. The van der Waals surface area contributed by atoms with E-state index < -0.39 is 0 Å². The van der Waals surface area contributed by atoms with Crippen LogP contribution in [0.15, 0.2) is 79.3 Å². The molecule has 0 aliphatic carbocycles. The zero-order chi connectivity index (χ0) is 22.9. The number of aromatic nitrogens is 3. The van der Waals surface area contributed by atoms with Crippen molar-refractivity contribution in [3.8, 4) is 5.69 Å². The molecule has 1 saturated heterocycles. The normalized spacial score (nSPS) is 17.9. The lowest BCUT2D eigenvalue weighted by Gasteiger charge is -2.28. The molecule has 2 atom stereocenters. The van der Waals surface area contributed by atoms with Crippen LogP contribution in [0.25, 0.3) is 5.69 Å². The predicted molar refractivity (Wildman–Crippen MR) is 135 cm³/mol. The predicted octanol–water partition coefficient (Wildman–Crippen LogP) is 5.71. The van der Waals surface area contributed by atoms with Crippen molar-refractivity contribution in [2.75, 3.05) is 0 Å². The molecular formula is C26H24ClN5S. The van der Waals surface area contributed by atoms with Crippen molar-refractivity contribution in [2.45, 2.75) is 32.5 Å². The van der Waals surface area contributed by atoms with Crippen molar-refractivity contribution >= 4 is 28.9 Å². The van der Waals surface area contributed by atoms with E-state index in [-0.39, 0.29) is 12.1 Å². The second-order valence-electron chi connectivity index (χ2n) is 8.25. The Morgan fingerprint density at radius 3 is 2.55 bits per heavy atom. The number of aryl methyl sites for hydroxylation is 1. The highest BCUT2D eigenvalue weighted by molar-refractivity contribution is 7.80. The van der Waals surface area contributed by atoms with Crippen LogP contribution in [0, 0.1) is 13.8 Å². The molecule has 0 spiro atoms. The summed E-state index contributed by atoms with van der Waals surface area (Å²) in [6.07, 6.45) is 5.51. The molecule has 1 aliphatic rings. The molecule has 5 rings (SSSR count). The standard InChI is InChI=1S/C26H24ClN5S/c1-17-14-22(18(2)32(17)21-10-8-20(27)9-11-21)25-24(23-7-3-4-13-29-23)30-26(33)31(25)16-19-6-5-12-28-15-19/h3-15,24-25H,16H2,1-2H3,(H,30,33)/t24-,25-/m0/s1. The van der Waals surface area contributed by atoms with Crippen molar-refractivity contribution in [2.24, 2.45) is 0 Å². The zero-order valence-corrected chi connectivity index (χ0v) is 20.0. The number of nitrogens with zero attached hydrogens (tertiary/aromatic N) is 4. The number of hydrogen-bond acceptors (Lipinski definition) is 3. The molecular weight excluding hydrogens is 450 g/mol. The fraction of sp³-hybridized carbons (Fsp3) is 0.192.